The van der Waals surface area contributed by atoms with Gasteiger partial charge in [0.25, 0.3) is 0 Å². The standard InChI is InChI=1S/C23H17NO3/c25-20(19-12-6-7-13-24-19)14-18(15-8-2-1-3-9-15)21-22(26)16-10-4-5-11-17(16)23(21)27/h1-13,18,21H,14H2. The molecule has 0 saturated heterocycles. The Morgan fingerprint density at radius 2 is 1.41 bits per heavy atom. The molecule has 27 heavy (non-hydrogen) atoms. The second kappa shape index (κ2) is 7.08. The Kier molecular flexibility index (Phi) is 4.47. The Morgan fingerprint density at radius 1 is 0.815 bits per heavy atom. The number of carbonyl (C=O) groups is 3. The van der Waals surface area contributed by atoms with Gasteiger partial charge in [-0.1, -0.05) is 60.7 Å². The summed E-state index contributed by atoms with van der Waals surface area (Å²) in [5.74, 6) is -2.00. The Bertz CT molecular complexity index is 977. The number of carbonyl (C=O) groups excluding carboxylic acids is 3. The lowest BCUT2D eigenvalue weighted by atomic mass is 9.79. The quantitative estimate of drug-likeness (QED) is 0.510. The van der Waals surface area contributed by atoms with Crippen LogP contribution in [-0.2, 0) is 0 Å². The van der Waals surface area contributed by atoms with Crippen molar-refractivity contribution in [3.8, 4) is 0 Å². The van der Waals surface area contributed by atoms with Crippen LogP contribution in [0.1, 0.15) is 49.1 Å². The van der Waals surface area contributed by atoms with Crippen LogP contribution in [0.2, 0.25) is 0 Å². The predicted molar refractivity (Wildman–Crippen MR) is 101 cm³/mol. The zero-order chi connectivity index (χ0) is 18.8. The summed E-state index contributed by atoms with van der Waals surface area (Å²) in [6.45, 7) is 0. The van der Waals surface area contributed by atoms with Gasteiger partial charge < -0.3 is 0 Å². The van der Waals surface area contributed by atoms with Gasteiger partial charge in [0.15, 0.2) is 17.3 Å². The third-order valence-electron chi connectivity index (χ3n) is 5.01. The molecule has 0 N–H and O–H groups in total. The van der Waals surface area contributed by atoms with Crippen molar-refractivity contribution in [1.82, 2.24) is 4.98 Å². The monoisotopic (exact) mass is 355 g/mol. The number of fused-ring (bicyclic) bond motifs is 1. The first-order valence-corrected chi connectivity index (χ1v) is 8.83. The van der Waals surface area contributed by atoms with Crippen molar-refractivity contribution in [2.45, 2.75) is 12.3 Å². The number of ketones is 3. The third-order valence-corrected chi connectivity index (χ3v) is 5.01. The lowest BCUT2D eigenvalue weighted by molar-refractivity contribution is 0.0802. The third kappa shape index (κ3) is 3.10. The topological polar surface area (TPSA) is 64.1 Å². The van der Waals surface area contributed by atoms with Gasteiger partial charge in [0, 0.05) is 29.7 Å². The molecule has 1 aromatic heterocycles. The maximum absolute atomic E-state index is 13.0. The molecule has 1 aliphatic rings. The van der Waals surface area contributed by atoms with Crippen LogP contribution < -0.4 is 0 Å². The highest BCUT2D eigenvalue weighted by atomic mass is 16.2. The molecule has 1 atom stereocenters. The minimum absolute atomic E-state index is 0.0527. The average molecular weight is 355 g/mol. The average Bonchev–Trinajstić information content (AvgIpc) is 2.98. The lowest BCUT2D eigenvalue weighted by Gasteiger charge is -2.21. The summed E-state index contributed by atoms with van der Waals surface area (Å²) in [6.07, 6.45) is 1.61. The molecule has 0 amide bonds. The van der Waals surface area contributed by atoms with Crippen molar-refractivity contribution in [2.24, 2.45) is 5.92 Å². The smallest absolute Gasteiger partial charge is 0.181 e. The van der Waals surface area contributed by atoms with Crippen LogP contribution in [0.25, 0.3) is 0 Å². The molecule has 4 heteroatoms. The van der Waals surface area contributed by atoms with E-state index in [4.69, 9.17) is 0 Å². The van der Waals surface area contributed by atoms with Gasteiger partial charge in [0.05, 0.1) is 5.92 Å². The number of pyridine rings is 1. The van der Waals surface area contributed by atoms with E-state index >= 15 is 0 Å². The van der Waals surface area contributed by atoms with E-state index in [0.717, 1.165) is 5.56 Å². The van der Waals surface area contributed by atoms with Crippen LogP contribution in [0.4, 0.5) is 0 Å². The summed E-state index contributed by atoms with van der Waals surface area (Å²) in [5, 5.41) is 0. The number of benzene rings is 2. The number of rotatable bonds is 5. The summed E-state index contributed by atoms with van der Waals surface area (Å²) >= 11 is 0. The fraction of sp³-hybridized carbons (Fsp3) is 0.130. The summed E-state index contributed by atoms with van der Waals surface area (Å²) in [4.78, 5) is 42.9. The molecule has 132 valence electrons. The van der Waals surface area contributed by atoms with Gasteiger partial charge in [-0.25, -0.2) is 0 Å². The number of hydrogen-bond acceptors (Lipinski definition) is 4. The molecule has 1 aliphatic carbocycles. The van der Waals surface area contributed by atoms with E-state index in [2.05, 4.69) is 4.98 Å². The molecule has 3 aromatic rings. The molecule has 4 nitrogen and oxygen atoms in total. The maximum atomic E-state index is 13.0. The summed E-state index contributed by atoms with van der Waals surface area (Å²) < 4.78 is 0. The molecule has 0 spiro atoms. The van der Waals surface area contributed by atoms with Crippen molar-refractivity contribution >= 4 is 17.3 Å². The Hall–Kier alpha value is -3.40. The highest BCUT2D eigenvalue weighted by Crippen LogP contribution is 2.39. The zero-order valence-electron chi connectivity index (χ0n) is 14.5. The molecule has 0 bridgehead atoms. The molecule has 4 rings (SSSR count). The van der Waals surface area contributed by atoms with E-state index in [-0.39, 0.29) is 23.8 Å². The SMILES string of the molecule is O=C(CC(c1ccccc1)C1C(=O)c2ccccc2C1=O)c1ccccn1. The van der Waals surface area contributed by atoms with E-state index in [1.807, 2.05) is 30.3 Å². The van der Waals surface area contributed by atoms with Gasteiger partial charge in [-0.05, 0) is 17.7 Å². The van der Waals surface area contributed by atoms with Crippen molar-refractivity contribution in [3.63, 3.8) is 0 Å². The Morgan fingerprint density at radius 3 is 2.00 bits per heavy atom. The Balaban J connectivity index is 1.73. The predicted octanol–water partition coefficient (Wildman–Crippen LogP) is 4.13. The van der Waals surface area contributed by atoms with Crippen LogP contribution in [0, 0.1) is 5.92 Å². The van der Waals surface area contributed by atoms with E-state index in [1.165, 1.54) is 0 Å². The van der Waals surface area contributed by atoms with Crippen LogP contribution in [0.15, 0.2) is 79.0 Å². The highest BCUT2D eigenvalue weighted by molar-refractivity contribution is 6.27. The van der Waals surface area contributed by atoms with Crippen molar-refractivity contribution < 1.29 is 14.4 Å². The second-order valence-corrected chi connectivity index (χ2v) is 6.61. The van der Waals surface area contributed by atoms with Gasteiger partial charge in [-0.3, -0.25) is 19.4 Å². The van der Waals surface area contributed by atoms with Crippen LogP contribution >= 0.6 is 0 Å². The summed E-state index contributed by atoms with van der Waals surface area (Å²) in [6, 6.07) is 21.3. The van der Waals surface area contributed by atoms with Crippen LogP contribution in [-0.4, -0.2) is 22.3 Å². The van der Waals surface area contributed by atoms with E-state index in [9.17, 15) is 14.4 Å². The molecule has 0 aliphatic heterocycles. The maximum Gasteiger partial charge on any atom is 0.181 e. The summed E-state index contributed by atoms with van der Waals surface area (Å²) in [7, 11) is 0. The largest absolute Gasteiger partial charge is 0.293 e. The van der Waals surface area contributed by atoms with Gasteiger partial charge in [-0.2, -0.15) is 0 Å². The van der Waals surface area contributed by atoms with E-state index in [0.29, 0.717) is 16.8 Å². The highest BCUT2D eigenvalue weighted by Gasteiger charge is 2.44. The van der Waals surface area contributed by atoms with Gasteiger partial charge >= 0.3 is 0 Å². The van der Waals surface area contributed by atoms with Crippen LogP contribution in [0.5, 0.6) is 0 Å². The van der Waals surface area contributed by atoms with Crippen LogP contribution in [0.3, 0.4) is 0 Å². The number of aromatic nitrogens is 1. The Labute approximate surface area is 156 Å². The zero-order valence-corrected chi connectivity index (χ0v) is 14.5. The fourth-order valence-corrected chi connectivity index (χ4v) is 3.69. The fourth-order valence-electron chi connectivity index (χ4n) is 3.69. The minimum atomic E-state index is -0.877. The minimum Gasteiger partial charge on any atom is -0.293 e. The molecular weight excluding hydrogens is 338 g/mol. The molecule has 2 aromatic carbocycles. The van der Waals surface area contributed by atoms with Gasteiger partial charge in [0.1, 0.15) is 5.69 Å². The number of nitrogens with zero attached hydrogens (tertiary/aromatic N) is 1. The molecule has 1 unspecified atom stereocenters. The van der Waals surface area contributed by atoms with Gasteiger partial charge in [0.2, 0.25) is 0 Å². The molecule has 0 fully saturated rings. The second-order valence-electron chi connectivity index (χ2n) is 6.61. The normalized spacial score (nSPS) is 14.8. The first-order chi connectivity index (χ1) is 13.2. The number of Topliss-reactive ketones (excluding diaryl/α,β-unsaturated/α-hetero) is 3. The molecule has 0 radical (unpaired) electrons. The molecule has 0 saturated carbocycles. The number of hydrogen-bond donors (Lipinski definition) is 0. The molecule has 1 heterocycles. The first-order valence-electron chi connectivity index (χ1n) is 8.83. The molecular formula is C23H17NO3. The first kappa shape index (κ1) is 17.0. The van der Waals surface area contributed by atoms with Crippen molar-refractivity contribution in [3.05, 3.63) is 101 Å². The summed E-state index contributed by atoms with van der Waals surface area (Å²) in [5.41, 5.74) is 2.03. The van der Waals surface area contributed by atoms with E-state index in [1.54, 1.807) is 48.7 Å². The lowest BCUT2D eigenvalue weighted by Crippen LogP contribution is -2.26. The van der Waals surface area contributed by atoms with E-state index < -0.39 is 11.8 Å². The van der Waals surface area contributed by atoms with Gasteiger partial charge in [-0.15, -0.1) is 0 Å². The van der Waals surface area contributed by atoms with Crippen molar-refractivity contribution in [1.29, 1.82) is 0 Å². The van der Waals surface area contributed by atoms with Crippen molar-refractivity contribution in [2.75, 3.05) is 0 Å².